The molecule has 0 radical (unpaired) electrons. The van der Waals surface area contributed by atoms with Crippen LogP contribution in [0.15, 0.2) is 30.3 Å². The van der Waals surface area contributed by atoms with E-state index in [0.717, 1.165) is 18.4 Å². The number of carbonyl (C=O) groups is 1. The lowest BCUT2D eigenvalue weighted by molar-refractivity contribution is -0.117. The van der Waals surface area contributed by atoms with Crippen molar-refractivity contribution in [2.45, 2.75) is 64.3 Å². The summed E-state index contributed by atoms with van der Waals surface area (Å²) in [4.78, 5) is 11.9. The second kappa shape index (κ2) is 6.93. The molecule has 0 spiro atoms. The van der Waals surface area contributed by atoms with Gasteiger partial charge in [0.1, 0.15) is 0 Å². The summed E-state index contributed by atoms with van der Waals surface area (Å²) in [6.45, 7) is 6.61. The van der Waals surface area contributed by atoms with Crippen LogP contribution in [0.25, 0.3) is 6.08 Å². The van der Waals surface area contributed by atoms with Gasteiger partial charge in [-0.2, -0.15) is 0 Å². The highest BCUT2D eigenvalue weighted by Gasteiger charge is 2.14. The normalized spacial score (nSPS) is 17.1. The fourth-order valence-electron chi connectivity index (χ4n) is 2.76. The monoisotopic (exact) mass is 285 g/mol. The third-order valence-corrected chi connectivity index (χ3v) is 4.16. The zero-order valence-corrected chi connectivity index (χ0v) is 13.5. The fraction of sp³-hybridized carbons (Fsp3) is 0.526. The van der Waals surface area contributed by atoms with E-state index in [0.29, 0.717) is 6.04 Å². The highest BCUT2D eigenvalue weighted by molar-refractivity contribution is 5.91. The van der Waals surface area contributed by atoms with Crippen molar-refractivity contribution in [3.8, 4) is 0 Å². The summed E-state index contributed by atoms with van der Waals surface area (Å²) in [5, 5.41) is 3.10. The lowest BCUT2D eigenvalue weighted by Gasteiger charge is -2.21. The lowest BCUT2D eigenvalue weighted by Crippen LogP contribution is -2.34. The molecule has 1 aromatic rings. The van der Waals surface area contributed by atoms with Crippen molar-refractivity contribution >= 4 is 12.0 Å². The molecular weight excluding hydrogens is 258 g/mol. The van der Waals surface area contributed by atoms with Crippen molar-refractivity contribution in [3.63, 3.8) is 0 Å². The smallest absolute Gasteiger partial charge is 0.244 e. The van der Waals surface area contributed by atoms with E-state index in [4.69, 9.17) is 0 Å². The van der Waals surface area contributed by atoms with Crippen molar-refractivity contribution in [1.82, 2.24) is 5.32 Å². The average molecular weight is 285 g/mol. The van der Waals surface area contributed by atoms with Crippen molar-refractivity contribution < 1.29 is 4.79 Å². The Morgan fingerprint density at radius 2 is 1.71 bits per heavy atom. The van der Waals surface area contributed by atoms with Gasteiger partial charge in [0.15, 0.2) is 0 Å². The summed E-state index contributed by atoms with van der Waals surface area (Å²) < 4.78 is 0. The molecule has 1 fully saturated rings. The molecule has 1 aliphatic rings. The Bertz CT molecular complexity index is 487. The first-order chi connectivity index (χ1) is 9.95. The molecule has 0 unspecified atom stereocenters. The average Bonchev–Trinajstić information content (AvgIpc) is 2.46. The SMILES string of the molecule is CC(C)(C)c1ccc(C=CC(=O)NC2CCCCC2)cc1. The molecule has 0 atom stereocenters. The van der Waals surface area contributed by atoms with Gasteiger partial charge in [0, 0.05) is 12.1 Å². The molecule has 0 aromatic heterocycles. The Labute approximate surface area is 128 Å². The van der Waals surface area contributed by atoms with E-state index in [1.54, 1.807) is 6.08 Å². The van der Waals surface area contributed by atoms with E-state index < -0.39 is 0 Å². The van der Waals surface area contributed by atoms with Crippen LogP contribution in [0.2, 0.25) is 0 Å². The maximum Gasteiger partial charge on any atom is 0.244 e. The molecule has 2 nitrogen and oxygen atoms in total. The van der Waals surface area contributed by atoms with Gasteiger partial charge in [-0.25, -0.2) is 0 Å². The molecule has 2 heteroatoms. The van der Waals surface area contributed by atoms with Gasteiger partial charge in [0.25, 0.3) is 0 Å². The summed E-state index contributed by atoms with van der Waals surface area (Å²) in [7, 11) is 0. The van der Waals surface area contributed by atoms with Crippen molar-refractivity contribution in [2.24, 2.45) is 0 Å². The van der Waals surface area contributed by atoms with Crippen molar-refractivity contribution in [2.75, 3.05) is 0 Å². The number of benzene rings is 1. The Kier molecular flexibility index (Phi) is 5.22. The Morgan fingerprint density at radius 1 is 1.10 bits per heavy atom. The van der Waals surface area contributed by atoms with Crippen LogP contribution in [0.3, 0.4) is 0 Å². The number of hydrogen-bond donors (Lipinski definition) is 1. The van der Waals surface area contributed by atoms with E-state index in [1.165, 1.54) is 24.8 Å². The number of amides is 1. The predicted molar refractivity (Wildman–Crippen MR) is 89.2 cm³/mol. The van der Waals surface area contributed by atoms with Gasteiger partial charge in [-0.05, 0) is 35.5 Å². The Balaban J connectivity index is 1.89. The van der Waals surface area contributed by atoms with Gasteiger partial charge in [-0.1, -0.05) is 64.3 Å². The Hall–Kier alpha value is -1.57. The van der Waals surface area contributed by atoms with E-state index >= 15 is 0 Å². The minimum atomic E-state index is 0.0294. The molecular formula is C19H27NO. The third-order valence-electron chi connectivity index (χ3n) is 4.16. The standard InChI is InChI=1S/C19H27NO/c1-19(2,3)16-12-9-15(10-13-16)11-14-18(21)20-17-7-5-4-6-8-17/h9-14,17H,4-8H2,1-3H3,(H,20,21). The van der Waals surface area contributed by atoms with Crippen LogP contribution in [0.5, 0.6) is 0 Å². The molecule has 0 saturated heterocycles. The molecule has 1 aliphatic carbocycles. The summed E-state index contributed by atoms with van der Waals surface area (Å²) in [6, 6.07) is 8.80. The van der Waals surface area contributed by atoms with Crippen molar-refractivity contribution in [1.29, 1.82) is 0 Å². The van der Waals surface area contributed by atoms with Crippen LogP contribution >= 0.6 is 0 Å². The van der Waals surface area contributed by atoms with Gasteiger partial charge in [-0.15, -0.1) is 0 Å². The summed E-state index contributed by atoms with van der Waals surface area (Å²) in [5.41, 5.74) is 2.55. The van der Waals surface area contributed by atoms with Gasteiger partial charge in [-0.3, -0.25) is 4.79 Å². The molecule has 1 saturated carbocycles. The van der Waals surface area contributed by atoms with Crippen LogP contribution in [0.4, 0.5) is 0 Å². The highest BCUT2D eigenvalue weighted by atomic mass is 16.1. The van der Waals surface area contributed by atoms with E-state index in [2.05, 4.69) is 50.4 Å². The lowest BCUT2D eigenvalue weighted by atomic mass is 9.87. The van der Waals surface area contributed by atoms with Crippen LogP contribution in [0.1, 0.15) is 64.0 Å². The molecule has 2 rings (SSSR count). The minimum Gasteiger partial charge on any atom is -0.350 e. The molecule has 1 N–H and O–H groups in total. The van der Waals surface area contributed by atoms with E-state index in [9.17, 15) is 4.79 Å². The third kappa shape index (κ3) is 5.04. The Morgan fingerprint density at radius 3 is 2.29 bits per heavy atom. The van der Waals surface area contributed by atoms with Gasteiger partial charge < -0.3 is 5.32 Å². The predicted octanol–water partition coefficient (Wildman–Crippen LogP) is 4.45. The number of carbonyl (C=O) groups excluding carboxylic acids is 1. The van der Waals surface area contributed by atoms with Crippen LogP contribution < -0.4 is 5.32 Å². The maximum absolute atomic E-state index is 11.9. The number of nitrogens with one attached hydrogen (secondary N) is 1. The largest absolute Gasteiger partial charge is 0.350 e. The van der Waals surface area contributed by atoms with Gasteiger partial charge in [0.05, 0.1) is 0 Å². The van der Waals surface area contributed by atoms with Gasteiger partial charge >= 0.3 is 0 Å². The summed E-state index contributed by atoms with van der Waals surface area (Å²) in [5.74, 6) is 0.0294. The number of rotatable bonds is 3. The first-order valence-electron chi connectivity index (χ1n) is 8.04. The van der Waals surface area contributed by atoms with Crippen molar-refractivity contribution in [3.05, 3.63) is 41.5 Å². The quantitative estimate of drug-likeness (QED) is 0.817. The first-order valence-corrected chi connectivity index (χ1v) is 8.04. The highest BCUT2D eigenvalue weighted by Crippen LogP contribution is 2.22. The second-order valence-electron chi connectivity index (χ2n) is 7.05. The molecule has 0 heterocycles. The summed E-state index contributed by atoms with van der Waals surface area (Å²) in [6.07, 6.45) is 9.58. The molecule has 1 amide bonds. The summed E-state index contributed by atoms with van der Waals surface area (Å²) >= 11 is 0. The molecule has 0 aliphatic heterocycles. The zero-order valence-electron chi connectivity index (χ0n) is 13.5. The van der Waals surface area contributed by atoms with Crippen LogP contribution in [-0.2, 0) is 10.2 Å². The van der Waals surface area contributed by atoms with E-state index in [1.807, 2.05) is 6.08 Å². The number of hydrogen-bond acceptors (Lipinski definition) is 1. The first kappa shape index (κ1) is 15.8. The minimum absolute atomic E-state index is 0.0294. The molecule has 21 heavy (non-hydrogen) atoms. The molecule has 0 bridgehead atoms. The van der Waals surface area contributed by atoms with Crippen LogP contribution in [-0.4, -0.2) is 11.9 Å². The van der Waals surface area contributed by atoms with E-state index in [-0.39, 0.29) is 11.3 Å². The zero-order chi connectivity index (χ0) is 15.3. The van der Waals surface area contributed by atoms with Crippen LogP contribution in [0, 0.1) is 0 Å². The fourth-order valence-corrected chi connectivity index (χ4v) is 2.76. The maximum atomic E-state index is 11.9. The molecule has 1 aromatic carbocycles. The second-order valence-corrected chi connectivity index (χ2v) is 7.05. The topological polar surface area (TPSA) is 29.1 Å². The molecule has 114 valence electrons. The van der Waals surface area contributed by atoms with Gasteiger partial charge in [0.2, 0.25) is 5.91 Å².